The van der Waals surface area contributed by atoms with Crippen molar-refractivity contribution in [2.75, 3.05) is 14.2 Å². The van der Waals surface area contributed by atoms with Crippen LogP contribution in [0.2, 0.25) is 0 Å². The molecule has 2 aromatic rings. The maximum atomic E-state index is 5.47. The molecule has 0 aliphatic heterocycles. The van der Waals surface area contributed by atoms with Crippen LogP contribution in [0.5, 0.6) is 5.75 Å². The van der Waals surface area contributed by atoms with Gasteiger partial charge < -0.3 is 10.1 Å². The second-order valence-electron chi connectivity index (χ2n) is 5.01. The molecule has 1 atom stereocenters. The van der Waals surface area contributed by atoms with Crippen molar-refractivity contribution in [3.63, 3.8) is 0 Å². The van der Waals surface area contributed by atoms with E-state index in [0.29, 0.717) is 0 Å². The summed E-state index contributed by atoms with van der Waals surface area (Å²) < 4.78 is 7.67. The minimum absolute atomic E-state index is 0.241. The van der Waals surface area contributed by atoms with Crippen LogP contribution < -0.4 is 10.1 Å². The van der Waals surface area contributed by atoms with Crippen LogP contribution in [-0.4, -0.2) is 14.2 Å². The summed E-state index contributed by atoms with van der Waals surface area (Å²) in [4.78, 5) is 0. The lowest BCUT2D eigenvalue weighted by molar-refractivity contribution is 0.406. The molecule has 1 N–H and O–H groups in total. The standard InChI is InChI=1S/C17H19Br2NO/c1-11-4-5-12(9-15(11)19)16(20-2)10-13-8-14(18)6-7-17(13)21-3/h4-9,16,20H,10H2,1-3H3. The molecule has 0 fully saturated rings. The minimum atomic E-state index is 0.241. The Morgan fingerprint density at radius 3 is 2.52 bits per heavy atom. The third-order valence-corrected chi connectivity index (χ3v) is 4.96. The molecular weight excluding hydrogens is 394 g/mol. The van der Waals surface area contributed by atoms with Crippen LogP contribution in [0.15, 0.2) is 45.3 Å². The normalized spacial score (nSPS) is 12.2. The number of methoxy groups -OCH3 is 1. The van der Waals surface area contributed by atoms with E-state index in [1.54, 1.807) is 7.11 Å². The fourth-order valence-corrected chi connectivity index (χ4v) is 3.14. The number of aryl methyl sites for hydroxylation is 1. The summed E-state index contributed by atoms with van der Waals surface area (Å²) in [6.45, 7) is 2.10. The van der Waals surface area contributed by atoms with Crippen molar-refractivity contribution in [1.29, 1.82) is 0 Å². The highest BCUT2D eigenvalue weighted by Crippen LogP contribution is 2.29. The highest BCUT2D eigenvalue weighted by molar-refractivity contribution is 9.10. The molecule has 21 heavy (non-hydrogen) atoms. The zero-order valence-electron chi connectivity index (χ0n) is 12.4. The molecule has 0 heterocycles. The van der Waals surface area contributed by atoms with Crippen molar-refractivity contribution in [2.45, 2.75) is 19.4 Å². The Labute approximate surface area is 143 Å². The van der Waals surface area contributed by atoms with Gasteiger partial charge in [-0.2, -0.15) is 0 Å². The van der Waals surface area contributed by atoms with Gasteiger partial charge in [-0.1, -0.05) is 44.0 Å². The molecule has 0 saturated heterocycles. The van der Waals surface area contributed by atoms with E-state index < -0.39 is 0 Å². The van der Waals surface area contributed by atoms with Gasteiger partial charge in [-0.25, -0.2) is 0 Å². The molecule has 0 amide bonds. The summed E-state index contributed by atoms with van der Waals surface area (Å²) in [5, 5.41) is 3.39. The lowest BCUT2D eigenvalue weighted by Gasteiger charge is -2.19. The van der Waals surface area contributed by atoms with Crippen molar-refractivity contribution in [2.24, 2.45) is 0 Å². The fourth-order valence-electron chi connectivity index (χ4n) is 2.34. The molecule has 2 aromatic carbocycles. The third kappa shape index (κ3) is 4.09. The molecular formula is C17H19Br2NO. The Morgan fingerprint density at radius 2 is 1.90 bits per heavy atom. The second kappa shape index (κ2) is 7.43. The first kappa shape index (κ1) is 16.5. The first-order valence-corrected chi connectivity index (χ1v) is 8.39. The van der Waals surface area contributed by atoms with Crippen LogP contribution in [0, 0.1) is 6.92 Å². The van der Waals surface area contributed by atoms with Gasteiger partial charge in [-0.05, 0) is 61.3 Å². The van der Waals surface area contributed by atoms with E-state index in [2.05, 4.69) is 68.4 Å². The predicted octanol–water partition coefficient (Wildman–Crippen LogP) is 5.03. The third-order valence-electron chi connectivity index (χ3n) is 3.61. The Bertz CT molecular complexity index is 628. The molecule has 112 valence electrons. The Kier molecular flexibility index (Phi) is 5.85. The smallest absolute Gasteiger partial charge is 0.122 e. The zero-order chi connectivity index (χ0) is 15.4. The fraction of sp³-hybridized carbons (Fsp3) is 0.294. The average molecular weight is 413 g/mol. The molecule has 0 aliphatic carbocycles. The maximum Gasteiger partial charge on any atom is 0.122 e. The van der Waals surface area contributed by atoms with Crippen LogP contribution in [0.1, 0.15) is 22.7 Å². The summed E-state index contributed by atoms with van der Waals surface area (Å²) in [5.74, 6) is 0.921. The van der Waals surface area contributed by atoms with E-state index in [0.717, 1.165) is 21.1 Å². The van der Waals surface area contributed by atoms with Gasteiger partial charge in [0, 0.05) is 15.0 Å². The number of hydrogen-bond donors (Lipinski definition) is 1. The van der Waals surface area contributed by atoms with Gasteiger partial charge in [0.2, 0.25) is 0 Å². The minimum Gasteiger partial charge on any atom is -0.496 e. The summed E-state index contributed by atoms with van der Waals surface area (Å²) in [6, 6.07) is 12.8. The van der Waals surface area contributed by atoms with Crippen molar-refractivity contribution in [3.05, 3.63) is 62.0 Å². The highest BCUT2D eigenvalue weighted by atomic mass is 79.9. The van der Waals surface area contributed by atoms with Crippen molar-refractivity contribution in [3.8, 4) is 5.75 Å². The first-order valence-electron chi connectivity index (χ1n) is 6.81. The van der Waals surface area contributed by atoms with Gasteiger partial charge in [-0.15, -0.1) is 0 Å². The molecule has 0 radical (unpaired) electrons. The lowest BCUT2D eigenvalue weighted by Crippen LogP contribution is -2.19. The number of ether oxygens (including phenoxy) is 1. The largest absolute Gasteiger partial charge is 0.496 e. The van der Waals surface area contributed by atoms with Crippen molar-refractivity contribution in [1.82, 2.24) is 5.32 Å². The van der Waals surface area contributed by atoms with E-state index >= 15 is 0 Å². The molecule has 0 saturated carbocycles. The Morgan fingerprint density at radius 1 is 1.14 bits per heavy atom. The molecule has 0 spiro atoms. The number of nitrogens with one attached hydrogen (secondary N) is 1. The molecule has 2 rings (SSSR count). The molecule has 1 unspecified atom stereocenters. The second-order valence-corrected chi connectivity index (χ2v) is 6.78. The number of benzene rings is 2. The number of halogens is 2. The topological polar surface area (TPSA) is 21.3 Å². The van der Waals surface area contributed by atoms with Crippen LogP contribution in [0.4, 0.5) is 0 Å². The van der Waals surface area contributed by atoms with E-state index in [1.807, 2.05) is 19.2 Å². The molecule has 0 aromatic heterocycles. The summed E-state index contributed by atoms with van der Waals surface area (Å²) in [6.07, 6.45) is 0.870. The van der Waals surface area contributed by atoms with Crippen LogP contribution >= 0.6 is 31.9 Å². The van der Waals surface area contributed by atoms with E-state index in [-0.39, 0.29) is 6.04 Å². The van der Waals surface area contributed by atoms with E-state index in [4.69, 9.17) is 4.74 Å². The van der Waals surface area contributed by atoms with Gasteiger partial charge in [-0.3, -0.25) is 0 Å². The zero-order valence-corrected chi connectivity index (χ0v) is 15.6. The molecule has 2 nitrogen and oxygen atoms in total. The number of hydrogen-bond acceptors (Lipinski definition) is 2. The quantitative estimate of drug-likeness (QED) is 0.743. The van der Waals surface area contributed by atoms with Crippen molar-refractivity contribution < 1.29 is 4.74 Å². The summed E-state index contributed by atoms with van der Waals surface area (Å²) in [7, 11) is 3.70. The molecule has 0 bridgehead atoms. The van der Waals surface area contributed by atoms with Crippen LogP contribution in [-0.2, 0) is 6.42 Å². The van der Waals surface area contributed by atoms with Gasteiger partial charge in [0.05, 0.1) is 7.11 Å². The molecule has 0 aliphatic rings. The lowest BCUT2D eigenvalue weighted by atomic mass is 9.97. The Balaban J connectivity index is 2.30. The average Bonchev–Trinajstić information content (AvgIpc) is 2.48. The van der Waals surface area contributed by atoms with Gasteiger partial charge in [0.15, 0.2) is 0 Å². The SMILES string of the molecule is CNC(Cc1cc(Br)ccc1OC)c1ccc(C)c(Br)c1. The van der Waals surface area contributed by atoms with Gasteiger partial charge >= 0.3 is 0 Å². The monoisotopic (exact) mass is 411 g/mol. The van der Waals surface area contributed by atoms with Crippen molar-refractivity contribution >= 4 is 31.9 Å². The number of rotatable bonds is 5. The predicted molar refractivity (Wildman–Crippen MR) is 95.1 cm³/mol. The van der Waals surface area contributed by atoms with E-state index in [9.17, 15) is 0 Å². The van der Waals surface area contributed by atoms with Gasteiger partial charge in [0.1, 0.15) is 5.75 Å². The maximum absolute atomic E-state index is 5.47. The summed E-state index contributed by atoms with van der Waals surface area (Å²) >= 11 is 7.14. The van der Waals surface area contributed by atoms with E-state index in [1.165, 1.54) is 16.7 Å². The number of likely N-dealkylation sites (N-methyl/N-ethyl adjacent to an activating group) is 1. The first-order chi connectivity index (χ1) is 10.0. The van der Waals surface area contributed by atoms with Crippen LogP contribution in [0.3, 0.4) is 0 Å². The Hall–Kier alpha value is -0.840. The summed E-state index contributed by atoms with van der Waals surface area (Å²) in [5.41, 5.74) is 3.69. The molecule has 4 heteroatoms. The van der Waals surface area contributed by atoms with Gasteiger partial charge in [0.25, 0.3) is 0 Å². The van der Waals surface area contributed by atoms with Crippen LogP contribution in [0.25, 0.3) is 0 Å². The highest BCUT2D eigenvalue weighted by Gasteiger charge is 2.14.